The number of hydrogen-bond donors (Lipinski definition) is 0. The molecule has 0 aliphatic heterocycles. The molecule has 0 amide bonds. The monoisotopic (exact) mass is 457 g/mol. The topological polar surface area (TPSA) is 29.5 Å². The summed E-state index contributed by atoms with van der Waals surface area (Å²) in [6.07, 6.45) is 10.2. The fourth-order valence-corrected chi connectivity index (χ4v) is 4.39. The summed E-state index contributed by atoms with van der Waals surface area (Å²) in [7, 11) is 0. The van der Waals surface area contributed by atoms with Crippen LogP contribution in [0, 0.1) is 13.8 Å². The number of nitrogens with zero attached hydrogens (tertiary/aromatic N) is 1. The minimum absolute atomic E-state index is 0.132. The second kappa shape index (κ2) is 13.6. The largest absolute Gasteiger partial charge is 0.426 e. The number of hydrogen-bond acceptors (Lipinski definition) is 3. The highest BCUT2D eigenvalue weighted by Crippen LogP contribution is 2.38. The van der Waals surface area contributed by atoms with Crippen molar-refractivity contribution in [3.05, 3.63) is 83.9 Å². The second-order valence-electron chi connectivity index (χ2n) is 9.11. The summed E-state index contributed by atoms with van der Waals surface area (Å²) in [4.78, 5) is 14.7. The molecule has 3 rings (SSSR count). The summed E-state index contributed by atoms with van der Waals surface area (Å²) in [5.41, 5.74) is 5.17. The summed E-state index contributed by atoms with van der Waals surface area (Å²) in [6, 6.07) is 24.9. The Labute approximate surface area is 205 Å². The first kappa shape index (κ1) is 25.6. The fourth-order valence-electron chi connectivity index (χ4n) is 4.39. The van der Waals surface area contributed by atoms with E-state index in [9.17, 15) is 4.79 Å². The Bertz CT molecular complexity index is 952. The van der Waals surface area contributed by atoms with E-state index in [0.29, 0.717) is 12.2 Å². The van der Waals surface area contributed by atoms with Gasteiger partial charge in [0.05, 0.1) is 0 Å². The molecule has 0 bridgehead atoms. The summed E-state index contributed by atoms with van der Waals surface area (Å²) in [5.74, 6) is 0.558. The Morgan fingerprint density at radius 3 is 1.65 bits per heavy atom. The van der Waals surface area contributed by atoms with E-state index in [1.807, 2.05) is 50.2 Å². The highest BCUT2D eigenvalue weighted by Gasteiger charge is 2.17. The van der Waals surface area contributed by atoms with Crippen molar-refractivity contribution in [1.82, 2.24) is 0 Å². The van der Waals surface area contributed by atoms with Crippen molar-refractivity contribution >= 4 is 23.0 Å². The predicted octanol–water partition coefficient (Wildman–Crippen LogP) is 9.21. The first-order chi connectivity index (χ1) is 16.6. The molecule has 0 N–H and O–H groups in total. The van der Waals surface area contributed by atoms with Crippen LogP contribution in [0.15, 0.2) is 72.8 Å². The van der Waals surface area contributed by atoms with E-state index in [-0.39, 0.29) is 5.97 Å². The zero-order valence-electron chi connectivity index (χ0n) is 21.1. The van der Waals surface area contributed by atoms with E-state index in [1.165, 1.54) is 38.5 Å². The molecule has 0 saturated carbocycles. The van der Waals surface area contributed by atoms with Crippen LogP contribution < -0.4 is 9.64 Å². The van der Waals surface area contributed by atoms with Gasteiger partial charge < -0.3 is 9.64 Å². The van der Waals surface area contributed by atoms with Crippen molar-refractivity contribution in [2.75, 3.05) is 4.90 Å². The Kier molecular flexibility index (Phi) is 10.2. The maximum absolute atomic E-state index is 12.5. The fraction of sp³-hybridized carbons (Fsp3) is 0.387. The van der Waals surface area contributed by atoms with Crippen LogP contribution in [-0.2, 0) is 4.79 Å². The lowest BCUT2D eigenvalue weighted by molar-refractivity contribution is -0.134. The normalized spacial score (nSPS) is 10.8. The number of carbonyl (C=O) groups is 1. The van der Waals surface area contributed by atoms with E-state index in [2.05, 4.69) is 48.2 Å². The van der Waals surface area contributed by atoms with Gasteiger partial charge in [-0.15, -0.1) is 0 Å². The second-order valence-corrected chi connectivity index (χ2v) is 9.11. The van der Waals surface area contributed by atoms with Crippen molar-refractivity contribution in [1.29, 1.82) is 0 Å². The zero-order chi connectivity index (χ0) is 24.2. The molecule has 0 fully saturated rings. The Hall–Kier alpha value is -3.07. The number of para-hydroxylation sites is 2. The van der Waals surface area contributed by atoms with E-state index in [1.54, 1.807) is 0 Å². The number of esters is 1. The van der Waals surface area contributed by atoms with Crippen LogP contribution >= 0.6 is 0 Å². The number of unbranched alkanes of at least 4 members (excludes halogenated alkanes) is 7. The summed E-state index contributed by atoms with van der Waals surface area (Å²) < 4.78 is 5.82. The molecular weight excluding hydrogens is 418 g/mol. The quantitative estimate of drug-likeness (QED) is 0.145. The lowest BCUT2D eigenvalue weighted by atomic mass is 10.1. The zero-order valence-corrected chi connectivity index (χ0v) is 21.1. The summed E-state index contributed by atoms with van der Waals surface area (Å²) in [6.45, 7) is 6.28. The van der Waals surface area contributed by atoms with Crippen LogP contribution in [0.5, 0.6) is 5.75 Å². The van der Waals surface area contributed by atoms with Crippen molar-refractivity contribution in [2.45, 2.75) is 78.6 Å². The maximum Gasteiger partial charge on any atom is 0.311 e. The molecule has 0 saturated heterocycles. The lowest BCUT2D eigenvalue weighted by Gasteiger charge is -2.26. The number of rotatable bonds is 13. The standard InChI is InChI=1S/C31H39NO2/c1-4-5-6-7-8-9-10-17-22-30(33)34-31-25(2)23-29(24-26(31)3)32(27-18-13-11-14-19-27)28-20-15-12-16-21-28/h11-16,18-21,23-24H,4-10,17,22H2,1-3H3. The van der Waals surface area contributed by atoms with Crippen LogP contribution in [0.2, 0.25) is 0 Å². The van der Waals surface area contributed by atoms with Gasteiger partial charge in [-0.1, -0.05) is 88.3 Å². The van der Waals surface area contributed by atoms with Gasteiger partial charge in [-0.05, 0) is 67.8 Å². The van der Waals surface area contributed by atoms with E-state index >= 15 is 0 Å². The minimum atomic E-state index is -0.132. The highest BCUT2D eigenvalue weighted by atomic mass is 16.5. The summed E-state index contributed by atoms with van der Waals surface area (Å²) in [5, 5.41) is 0. The van der Waals surface area contributed by atoms with E-state index in [4.69, 9.17) is 4.74 Å². The average molecular weight is 458 g/mol. The Morgan fingerprint density at radius 1 is 0.676 bits per heavy atom. The van der Waals surface area contributed by atoms with Crippen molar-refractivity contribution in [2.24, 2.45) is 0 Å². The van der Waals surface area contributed by atoms with Gasteiger partial charge >= 0.3 is 5.97 Å². The van der Waals surface area contributed by atoms with Gasteiger partial charge in [0.1, 0.15) is 5.75 Å². The molecule has 0 spiro atoms. The van der Waals surface area contributed by atoms with Crippen molar-refractivity contribution < 1.29 is 9.53 Å². The highest BCUT2D eigenvalue weighted by molar-refractivity contribution is 5.79. The van der Waals surface area contributed by atoms with Crippen LogP contribution in [0.1, 0.15) is 75.8 Å². The molecule has 0 radical (unpaired) electrons. The van der Waals surface area contributed by atoms with E-state index in [0.717, 1.165) is 41.0 Å². The van der Waals surface area contributed by atoms with E-state index < -0.39 is 0 Å². The lowest BCUT2D eigenvalue weighted by Crippen LogP contribution is -2.12. The first-order valence-corrected chi connectivity index (χ1v) is 12.8. The van der Waals surface area contributed by atoms with Crippen LogP contribution in [0.25, 0.3) is 0 Å². The Balaban J connectivity index is 1.65. The smallest absolute Gasteiger partial charge is 0.311 e. The maximum atomic E-state index is 12.5. The third-order valence-electron chi connectivity index (χ3n) is 6.18. The van der Waals surface area contributed by atoms with Crippen molar-refractivity contribution in [3.8, 4) is 5.75 Å². The molecule has 34 heavy (non-hydrogen) atoms. The molecule has 0 aromatic heterocycles. The molecule has 3 aromatic rings. The van der Waals surface area contributed by atoms with Gasteiger partial charge in [0.2, 0.25) is 0 Å². The van der Waals surface area contributed by atoms with Crippen molar-refractivity contribution in [3.63, 3.8) is 0 Å². The molecule has 0 aliphatic rings. The molecule has 0 unspecified atom stereocenters. The van der Waals surface area contributed by atoms with Crippen LogP contribution in [0.4, 0.5) is 17.1 Å². The molecular formula is C31H39NO2. The van der Waals surface area contributed by atoms with Gasteiger partial charge in [0.25, 0.3) is 0 Å². The SMILES string of the molecule is CCCCCCCCCCC(=O)Oc1c(C)cc(N(c2ccccc2)c2ccccc2)cc1C. The molecule has 180 valence electrons. The molecule has 3 heteroatoms. The molecule has 3 aromatic carbocycles. The van der Waals surface area contributed by atoms with Gasteiger partial charge in [0.15, 0.2) is 0 Å². The molecule has 0 atom stereocenters. The predicted molar refractivity (Wildman–Crippen MR) is 143 cm³/mol. The number of aryl methyl sites for hydroxylation is 2. The third kappa shape index (κ3) is 7.48. The van der Waals surface area contributed by atoms with Crippen LogP contribution in [0.3, 0.4) is 0 Å². The van der Waals surface area contributed by atoms with Gasteiger partial charge in [-0.2, -0.15) is 0 Å². The molecule has 3 nitrogen and oxygen atoms in total. The third-order valence-corrected chi connectivity index (χ3v) is 6.18. The number of benzene rings is 3. The number of anilines is 3. The average Bonchev–Trinajstić information content (AvgIpc) is 2.85. The van der Waals surface area contributed by atoms with Gasteiger partial charge in [-0.25, -0.2) is 0 Å². The van der Waals surface area contributed by atoms with Gasteiger partial charge in [0, 0.05) is 23.5 Å². The number of ether oxygens (including phenoxy) is 1. The Morgan fingerprint density at radius 2 is 1.15 bits per heavy atom. The molecule has 0 aliphatic carbocycles. The first-order valence-electron chi connectivity index (χ1n) is 12.8. The van der Waals surface area contributed by atoms with Gasteiger partial charge in [-0.3, -0.25) is 4.79 Å². The number of carbonyl (C=O) groups excluding carboxylic acids is 1. The minimum Gasteiger partial charge on any atom is -0.426 e. The summed E-state index contributed by atoms with van der Waals surface area (Å²) >= 11 is 0. The molecule has 0 heterocycles. The van der Waals surface area contributed by atoms with Crippen LogP contribution in [-0.4, -0.2) is 5.97 Å².